The molecule has 0 bridgehead atoms. The van der Waals surface area contributed by atoms with E-state index >= 15 is 0 Å². The van der Waals surface area contributed by atoms with Crippen molar-refractivity contribution in [3.63, 3.8) is 0 Å². The summed E-state index contributed by atoms with van der Waals surface area (Å²) < 4.78 is 14.0. The van der Waals surface area contributed by atoms with Crippen LogP contribution in [0.15, 0.2) is 30.4 Å². The number of hydrogen-bond acceptors (Lipinski definition) is 5. The van der Waals surface area contributed by atoms with Crippen molar-refractivity contribution in [3.8, 4) is 0 Å². The number of carbonyl (C=O) groups is 5. The van der Waals surface area contributed by atoms with Gasteiger partial charge in [0.1, 0.15) is 17.9 Å². The first-order valence-corrected chi connectivity index (χ1v) is 12.3. The second-order valence-corrected chi connectivity index (χ2v) is 9.14. The fraction of sp³-hybridized carbons (Fsp3) is 0.500. The molecule has 1 aliphatic rings. The van der Waals surface area contributed by atoms with Crippen molar-refractivity contribution in [2.45, 2.75) is 71.9 Å². The number of nitrogens with zero attached hydrogens (tertiary/aromatic N) is 1. The second-order valence-electron chi connectivity index (χ2n) is 9.14. The quantitative estimate of drug-likeness (QED) is 0.282. The normalized spacial score (nSPS) is 14.7. The number of benzene rings is 1. The molecule has 1 aliphatic heterocycles. The zero-order valence-electron chi connectivity index (χ0n) is 21.2. The van der Waals surface area contributed by atoms with Crippen LogP contribution in [0.3, 0.4) is 0 Å². The van der Waals surface area contributed by atoms with E-state index in [1.165, 1.54) is 25.1 Å². The summed E-state index contributed by atoms with van der Waals surface area (Å²) in [7, 11) is 0. The smallest absolute Gasteiger partial charge is 0.253 e. The number of rotatable bonds is 13. The van der Waals surface area contributed by atoms with Gasteiger partial charge in [-0.1, -0.05) is 33.3 Å². The maximum atomic E-state index is 14.0. The van der Waals surface area contributed by atoms with Crippen LogP contribution in [0.4, 0.5) is 10.1 Å². The fourth-order valence-corrected chi connectivity index (χ4v) is 3.70. The third kappa shape index (κ3) is 8.28. The Kier molecular flexibility index (Phi) is 10.8. The van der Waals surface area contributed by atoms with Crippen molar-refractivity contribution in [2.24, 2.45) is 5.92 Å². The van der Waals surface area contributed by atoms with E-state index in [9.17, 15) is 28.4 Å². The number of hydrogen-bond donors (Lipinski definition) is 3. The Bertz CT molecular complexity index is 1010. The maximum absolute atomic E-state index is 14.0. The number of nitrogens with one attached hydrogen (secondary N) is 3. The standard InChI is InChI=1S/C26H35FN4O5/c1-5-18-10-11-19(15-20(18)27)29-25(35)17(4)28-26(36)24(16(2)3)30-21(32)9-7-6-8-14-31-22(33)12-13-23(31)34/h10-13,15-17,24H,5-9,14H2,1-4H3,(H,28,36)(H,29,35)(H,30,32)/t17-,24-/m0/s1. The molecule has 2 atom stereocenters. The topological polar surface area (TPSA) is 125 Å². The molecule has 0 radical (unpaired) electrons. The summed E-state index contributed by atoms with van der Waals surface area (Å²) in [6.45, 7) is 7.21. The molecule has 3 N–H and O–H groups in total. The fourth-order valence-electron chi connectivity index (χ4n) is 3.70. The average molecular weight is 503 g/mol. The van der Waals surface area contributed by atoms with Gasteiger partial charge in [0.2, 0.25) is 17.7 Å². The molecule has 36 heavy (non-hydrogen) atoms. The molecule has 5 amide bonds. The molecule has 0 aromatic heterocycles. The van der Waals surface area contributed by atoms with Crippen LogP contribution in [0.2, 0.25) is 0 Å². The Morgan fingerprint density at radius 2 is 1.61 bits per heavy atom. The van der Waals surface area contributed by atoms with Crippen molar-refractivity contribution in [2.75, 3.05) is 11.9 Å². The summed E-state index contributed by atoms with van der Waals surface area (Å²) >= 11 is 0. The molecule has 9 nitrogen and oxygen atoms in total. The van der Waals surface area contributed by atoms with Gasteiger partial charge in [0, 0.05) is 30.8 Å². The van der Waals surface area contributed by atoms with Crippen molar-refractivity contribution in [1.82, 2.24) is 15.5 Å². The molecular weight excluding hydrogens is 467 g/mol. The Morgan fingerprint density at radius 3 is 2.19 bits per heavy atom. The van der Waals surface area contributed by atoms with Crippen LogP contribution in [0.5, 0.6) is 0 Å². The van der Waals surface area contributed by atoms with Gasteiger partial charge < -0.3 is 16.0 Å². The van der Waals surface area contributed by atoms with Crippen molar-refractivity contribution < 1.29 is 28.4 Å². The molecule has 0 fully saturated rings. The summed E-state index contributed by atoms with van der Waals surface area (Å²) in [6, 6.07) is 2.69. The first-order valence-electron chi connectivity index (χ1n) is 12.3. The Hall–Kier alpha value is -3.56. The zero-order chi connectivity index (χ0) is 26.8. The van der Waals surface area contributed by atoms with Gasteiger partial charge in [-0.2, -0.15) is 0 Å². The van der Waals surface area contributed by atoms with Crippen LogP contribution >= 0.6 is 0 Å². The first kappa shape index (κ1) is 28.7. The highest BCUT2D eigenvalue weighted by molar-refractivity contribution is 6.12. The minimum atomic E-state index is -0.907. The molecule has 0 spiro atoms. The van der Waals surface area contributed by atoms with Gasteiger partial charge >= 0.3 is 0 Å². The second kappa shape index (κ2) is 13.5. The van der Waals surface area contributed by atoms with Gasteiger partial charge in [-0.05, 0) is 49.8 Å². The minimum absolute atomic E-state index is 0.187. The molecule has 1 heterocycles. The molecule has 0 saturated carbocycles. The largest absolute Gasteiger partial charge is 0.344 e. The monoisotopic (exact) mass is 502 g/mol. The predicted octanol–water partition coefficient (Wildman–Crippen LogP) is 2.46. The van der Waals surface area contributed by atoms with E-state index in [1.807, 2.05) is 6.92 Å². The number of amides is 5. The van der Waals surface area contributed by atoms with Gasteiger partial charge in [0.05, 0.1) is 0 Å². The van der Waals surface area contributed by atoms with Gasteiger partial charge in [-0.25, -0.2) is 4.39 Å². The van der Waals surface area contributed by atoms with Crippen LogP contribution in [0.25, 0.3) is 0 Å². The van der Waals surface area contributed by atoms with E-state index in [4.69, 9.17) is 0 Å². The number of halogens is 1. The number of imide groups is 1. The van der Waals surface area contributed by atoms with Crippen molar-refractivity contribution in [3.05, 3.63) is 41.7 Å². The Morgan fingerprint density at radius 1 is 0.944 bits per heavy atom. The summed E-state index contributed by atoms with van der Waals surface area (Å²) in [4.78, 5) is 61.9. The van der Waals surface area contributed by atoms with Gasteiger partial charge in [-0.15, -0.1) is 0 Å². The summed E-state index contributed by atoms with van der Waals surface area (Å²) in [5.41, 5.74) is 0.832. The van der Waals surface area contributed by atoms with E-state index in [0.29, 0.717) is 43.5 Å². The third-order valence-electron chi connectivity index (χ3n) is 5.91. The van der Waals surface area contributed by atoms with E-state index in [-0.39, 0.29) is 30.1 Å². The lowest BCUT2D eigenvalue weighted by Gasteiger charge is -2.24. The van der Waals surface area contributed by atoms with Crippen LogP contribution in [0, 0.1) is 11.7 Å². The van der Waals surface area contributed by atoms with Gasteiger partial charge in [-0.3, -0.25) is 28.9 Å². The average Bonchev–Trinajstić information content (AvgIpc) is 3.14. The van der Waals surface area contributed by atoms with Crippen molar-refractivity contribution in [1.29, 1.82) is 0 Å². The lowest BCUT2D eigenvalue weighted by molar-refractivity contribution is -0.137. The first-order chi connectivity index (χ1) is 17.0. The summed E-state index contributed by atoms with van der Waals surface area (Å²) in [6.07, 6.45) is 4.95. The number of aryl methyl sites for hydroxylation is 1. The van der Waals surface area contributed by atoms with Crippen LogP contribution in [-0.2, 0) is 30.4 Å². The number of unbranched alkanes of at least 4 members (excludes halogenated alkanes) is 2. The highest BCUT2D eigenvalue weighted by Gasteiger charge is 2.27. The van der Waals surface area contributed by atoms with Gasteiger partial charge in [0.15, 0.2) is 0 Å². The number of anilines is 1. The van der Waals surface area contributed by atoms with Crippen LogP contribution in [0.1, 0.15) is 58.9 Å². The predicted molar refractivity (Wildman–Crippen MR) is 133 cm³/mol. The van der Waals surface area contributed by atoms with E-state index in [2.05, 4.69) is 16.0 Å². The highest BCUT2D eigenvalue weighted by atomic mass is 19.1. The SMILES string of the molecule is CCc1ccc(NC(=O)[C@H](C)NC(=O)[C@@H](NC(=O)CCCCCN2C(=O)C=CC2=O)C(C)C)cc1F. The molecule has 0 saturated heterocycles. The van der Waals surface area contributed by atoms with E-state index in [0.717, 1.165) is 4.90 Å². The summed E-state index contributed by atoms with van der Waals surface area (Å²) in [5.74, 6) is -2.59. The maximum Gasteiger partial charge on any atom is 0.253 e. The molecule has 0 unspecified atom stereocenters. The van der Waals surface area contributed by atoms with E-state index in [1.54, 1.807) is 26.0 Å². The van der Waals surface area contributed by atoms with Gasteiger partial charge in [0.25, 0.3) is 11.8 Å². The Labute approximate surface area is 210 Å². The zero-order valence-corrected chi connectivity index (χ0v) is 21.2. The molecule has 0 aliphatic carbocycles. The molecule has 196 valence electrons. The number of carbonyl (C=O) groups excluding carboxylic acids is 5. The van der Waals surface area contributed by atoms with Crippen LogP contribution < -0.4 is 16.0 Å². The van der Waals surface area contributed by atoms with Crippen LogP contribution in [-0.4, -0.2) is 53.1 Å². The van der Waals surface area contributed by atoms with Crippen molar-refractivity contribution >= 4 is 35.2 Å². The highest BCUT2D eigenvalue weighted by Crippen LogP contribution is 2.15. The lowest BCUT2D eigenvalue weighted by atomic mass is 10.0. The molecule has 2 rings (SSSR count). The molecule has 10 heteroatoms. The molecule has 1 aromatic carbocycles. The molecular formula is C26H35FN4O5. The molecule has 1 aromatic rings. The summed E-state index contributed by atoms with van der Waals surface area (Å²) in [5, 5.41) is 7.90. The third-order valence-corrected chi connectivity index (χ3v) is 5.91. The Balaban J connectivity index is 1.78. The lowest BCUT2D eigenvalue weighted by Crippen LogP contribution is -2.53. The minimum Gasteiger partial charge on any atom is -0.344 e. The van der Waals surface area contributed by atoms with E-state index < -0.39 is 29.7 Å².